The van der Waals surface area contributed by atoms with Gasteiger partial charge in [0.1, 0.15) is 0 Å². The summed E-state index contributed by atoms with van der Waals surface area (Å²) in [7, 11) is 0. The molecule has 0 fully saturated rings. The van der Waals surface area contributed by atoms with E-state index in [-0.39, 0.29) is 11.8 Å². The molecule has 2 rings (SSSR count). The normalized spacial score (nSPS) is 10.8. The third-order valence-corrected chi connectivity index (χ3v) is 3.43. The average molecular weight is 320 g/mol. The summed E-state index contributed by atoms with van der Waals surface area (Å²) in [6, 6.07) is 18.5. The van der Waals surface area contributed by atoms with Crippen LogP contribution in [-0.4, -0.2) is 11.8 Å². The van der Waals surface area contributed by atoms with Crippen molar-refractivity contribution in [2.24, 2.45) is 0 Å². The molecule has 0 aromatic heterocycles. The molecule has 4 nitrogen and oxygen atoms in total. The summed E-state index contributed by atoms with van der Waals surface area (Å²) in [6.45, 7) is 6.75. The molecule has 0 bridgehead atoms. The van der Waals surface area contributed by atoms with Gasteiger partial charge in [-0.25, -0.2) is 0 Å². The van der Waals surface area contributed by atoms with Gasteiger partial charge in [0.25, 0.3) is 0 Å². The van der Waals surface area contributed by atoms with E-state index in [0.717, 1.165) is 5.69 Å². The molecule has 0 N–H and O–H groups in total. The van der Waals surface area contributed by atoms with Crippen LogP contribution in [0.5, 0.6) is 0 Å². The van der Waals surface area contributed by atoms with Crippen LogP contribution in [0.4, 0.5) is 11.4 Å². The number of hydrogen-bond acceptors (Lipinski definition) is 2. The van der Waals surface area contributed by atoms with Gasteiger partial charge in [0.2, 0.25) is 11.8 Å². The summed E-state index contributed by atoms with van der Waals surface area (Å²) in [5, 5.41) is 0. The lowest BCUT2D eigenvalue weighted by Gasteiger charge is -2.25. The van der Waals surface area contributed by atoms with Gasteiger partial charge in [0.15, 0.2) is 0 Å². The highest BCUT2D eigenvalue weighted by Crippen LogP contribution is 2.22. The SMILES string of the molecule is C=CC(=CN(C(C)=O)c1ccccc1)N(C(C)=O)c1ccccc1. The highest BCUT2D eigenvalue weighted by Gasteiger charge is 2.17. The number of carbonyl (C=O) groups is 2. The van der Waals surface area contributed by atoms with Crippen LogP contribution in [0.1, 0.15) is 13.8 Å². The number of para-hydroxylation sites is 2. The molecule has 24 heavy (non-hydrogen) atoms. The van der Waals surface area contributed by atoms with Gasteiger partial charge in [0.05, 0.1) is 5.70 Å². The Bertz CT molecular complexity index is 752. The van der Waals surface area contributed by atoms with Gasteiger partial charge in [-0.1, -0.05) is 43.0 Å². The zero-order chi connectivity index (χ0) is 17.5. The standard InChI is InChI=1S/C20H20N2O2/c1-4-18(22(17(3)24)20-13-9-6-10-14-20)15-21(16(2)23)19-11-7-5-8-12-19/h4-15H,1H2,2-3H3. The molecule has 0 saturated carbocycles. The second kappa shape index (κ2) is 7.92. The highest BCUT2D eigenvalue weighted by atomic mass is 16.2. The van der Waals surface area contributed by atoms with E-state index in [1.807, 2.05) is 60.7 Å². The fourth-order valence-corrected chi connectivity index (χ4v) is 2.36. The van der Waals surface area contributed by atoms with Crippen molar-refractivity contribution in [2.45, 2.75) is 13.8 Å². The third kappa shape index (κ3) is 3.98. The van der Waals surface area contributed by atoms with E-state index >= 15 is 0 Å². The fourth-order valence-electron chi connectivity index (χ4n) is 2.36. The Morgan fingerprint density at radius 3 is 1.75 bits per heavy atom. The molecule has 0 aliphatic heterocycles. The third-order valence-electron chi connectivity index (χ3n) is 3.43. The number of benzene rings is 2. The van der Waals surface area contributed by atoms with E-state index in [0.29, 0.717) is 11.4 Å². The number of anilines is 2. The summed E-state index contributed by atoms with van der Waals surface area (Å²) >= 11 is 0. The van der Waals surface area contributed by atoms with Crippen molar-refractivity contribution in [3.8, 4) is 0 Å². The number of hydrogen-bond donors (Lipinski definition) is 0. The predicted octanol–water partition coefficient (Wildman–Crippen LogP) is 4.12. The van der Waals surface area contributed by atoms with Crippen molar-refractivity contribution in [3.63, 3.8) is 0 Å². The maximum absolute atomic E-state index is 12.2. The number of amides is 2. The first kappa shape index (κ1) is 17.2. The van der Waals surface area contributed by atoms with Crippen LogP contribution in [0.25, 0.3) is 0 Å². The Morgan fingerprint density at radius 2 is 1.33 bits per heavy atom. The van der Waals surface area contributed by atoms with Crippen molar-refractivity contribution in [2.75, 3.05) is 9.80 Å². The topological polar surface area (TPSA) is 40.6 Å². The van der Waals surface area contributed by atoms with Gasteiger partial charge in [-0.3, -0.25) is 19.4 Å². The molecule has 4 heteroatoms. The first-order valence-corrected chi connectivity index (χ1v) is 7.59. The number of rotatable bonds is 5. The lowest BCUT2D eigenvalue weighted by molar-refractivity contribution is -0.117. The predicted molar refractivity (Wildman–Crippen MR) is 97.5 cm³/mol. The second-order valence-electron chi connectivity index (χ2n) is 5.17. The molecule has 2 aromatic rings. The van der Waals surface area contributed by atoms with Crippen molar-refractivity contribution >= 4 is 23.2 Å². The Hall–Kier alpha value is -3.14. The molecule has 0 spiro atoms. The van der Waals surface area contributed by atoms with Crippen molar-refractivity contribution in [1.82, 2.24) is 0 Å². The molecular weight excluding hydrogens is 300 g/mol. The van der Waals surface area contributed by atoms with Crippen LogP contribution >= 0.6 is 0 Å². The number of nitrogens with zero attached hydrogens (tertiary/aromatic N) is 2. The number of carbonyl (C=O) groups excluding carboxylic acids is 2. The lowest BCUT2D eigenvalue weighted by atomic mass is 10.2. The Labute approximate surface area is 142 Å². The lowest BCUT2D eigenvalue weighted by Crippen LogP contribution is -2.30. The maximum Gasteiger partial charge on any atom is 0.228 e. The van der Waals surface area contributed by atoms with E-state index in [1.54, 1.807) is 12.3 Å². The summed E-state index contributed by atoms with van der Waals surface area (Å²) < 4.78 is 0. The Balaban J connectivity index is 2.50. The van der Waals surface area contributed by atoms with Crippen molar-refractivity contribution in [3.05, 3.63) is 85.2 Å². The van der Waals surface area contributed by atoms with Crippen LogP contribution in [0.3, 0.4) is 0 Å². The summed E-state index contributed by atoms with van der Waals surface area (Å²) in [5.74, 6) is -0.318. The molecule has 0 unspecified atom stereocenters. The van der Waals surface area contributed by atoms with Gasteiger partial charge >= 0.3 is 0 Å². The van der Waals surface area contributed by atoms with Crippen molar-refractivity contribution in [1.29, 1.82) is 0 Å². The van der Waals surface area contributed by atoms with Gasteiger partial charge < -0.3 is 0 Å². The zero-order valence-electron chi connectivity index (χ0n) is 13.8. The van der Waals surface area contributed by atoms with E-state index in [9.17, 15) is 9.59 Å². The molecule has 0 saturated heterocycles. The minimum Gasteiger partial charge on any atom is -0.286 e. The molecule has 0 radical (unpaired) electrons. The van der Waals surface area contributed by atoms with E-state index in [1.165, 1.54) is 23.6 Å². The Kier molecular flexibility index (Phi) is 5.68. The molecule has 2 aromatic carbocycles. The summed E-state index contributed by atoms with van der Waals surface area (Å²) in [4.78, 5) is 27.3. The van der Waals surface area contributed by atoms with Crippen LogP contribution < -0.4 is 9.80 Å². The largest absolute Gasteiger partial charge is 0.286 e. The molecule has 0 aliphatic rings. The monoisotopic (exact) mass is 320 g/mol. The minimum atomic E-state index is -0.163. The Morgan fingerprint density at radius 1 is 0.833 bits per heavy atom. The van der Waals surface area contributed by atoms with E-state index < -0.39 is 0 Å². The quantitative estimate of drug-likeness (QED) is 0.778. The summed E-state index contributed by atoms with van der Waals surface area (Å²) in [6.07, 6.45) is 3.19. The molecule has 2 amide bonds. The van der Waals surface area contributed by atoms with Crippen LogP contribution in [0.15, 0.2) is 85.2 Å². The zero-order valence-corrected chi connectivity index (χ0v) is 13.8. The van der Waals surface area contributed by atoms with Gasteiger partial charge in [-0.05, 0) is 30.3 Å². The molecule has 0 aliphatic carbocycles. The first-order valence-electron chi connectivity index (χ1n) is 7.59. The average Bonchev–Trinajstić information content (AvgIpc) is 2.59. The van der Waals surface area contributed by atoms with Crippen LogP contribution in [-0.2, 0) is 9.59 Å². The van der Waals surface area contributed by atoms with Crippen molar-refractivity contribution < 1.29 is 9.59 Å². The van der Waals surface area contributed by atoms with Crippen LogP contribution in [0, 0.1) is 0 Å². The second-order valence-corrected chi connectivity index (χ2v) is 5.17. The van der Waals surface area contributed by atoms with E-state index in [4.69, 9.17) is 0 Å². The smallest absolute Gasteiger partial charge is 0.228 e. The molecule has 0 heterocycles. The molecule has 122 valence electrons. The number of allylic oxidation sites excluding steroid dienone is 1. The molecular formula is C20H20N2O2. The first-order chi connectivity index (χ1) is 11.5. The van der Waals surface area contributed by atoms with Gasteiger partial charge in [-0.15, -0.1) is 0 Å². The fraction of sp³-hybridized carbons (Fsp3) is 0.100. The minimum absolute atomic E-state index is 0.155. The van der Waals surface area contributed by atoms with Crippen LogP contribution in [0.2, 0.25) is 0 Å². The summed E-state index contributed by atoms with van der Waals surface area (Å²) in [5.41, 5.74) is 1.96. The highest BCUT2D eigenvalue weighted by molar-refractivity contribution is 5.97. The van der Waals surface area contributed by atoms with Gasteiger partial charge in [0, 0.05) is 31.4 Å². The maximum atomic E-state index is 12.2. The van der Waals surface area contributed by atoms with Gasteiger partial charge in [-0.2, -0.15) is 0 Å². The molecule has 0 atom stereocenters. The van der Waals surface area contributed by atoms with E-state index in [2.05, 4.69) is 6.58 Å².